The second-order valence-corrected chi connectivity index (χ2v) is 5.40. The van der Waals surface area contributed by atoms with Crippen molar-refractivity contribution < 1.29 is 14.6 Å². The van der Waals surface area contributed by atoms with E-state index in [0.717, 1.165) is 18.7 Å². The lowest BCUT2D eigenvalue weighted by molar-refractivity contribution is 0.0697. The van der Waals surface area contributed by atoms with Crippen LogP contribution in [0.15, 0.2) is 42.5 Å². The monoisotopic (exact) mass is 339 g/mol. The maximum Gasteiger partial charge on any atom is 0.335 e. The van der Waals surface area contributed by atoms with E-state index in [1.807, 2.05) is 6.07 Å². The fraction of sp³-hybridized carbons (Fsp3) is 0.188. The summed E-state index contributed by atoms with van der Waals surface area (Å²) >= 11 is 11.8. The van der Waals surface area contributed by atoms with E-state index < -0.39 is 5.97 Å². The molecular weight excluding hydrogens is 325 g/mol. The molecule has 0 aliphatic carbocycles. The summed E-state index contributed by atoms with van der Waals surface area (Å²) in [5.74, 6) is -0.295. The second kappa shape index (κ2) is 7.92. The summed E-state index contributed by atoms with van der Waals surface area (Å²) < 4.78 is 5.54. The molecule has 0 atom stereocenters. The largest absolute Gasteiger partial charge is 0.494 e. The standard InChI is InChI=1S/C16H15Cl2NO3/c17-14-7-4-12(10-15(14)18)19-8-1-9-22-13-5-2-11(3-6-13)16(20)21/h2-7,10,19H,1,8-9H2,(H,20,21). The van der Waals surface area contributed by atoms with Gasteiger partial charge in [-0.1, -0.05) is 23.2 Å². The van der Waals surface area contributed by atoms with Crippen LogP contribution in [0.2, 0.25) is 10.0 Å². The normalized spacial score (nSPS) is 10.3. The molecule has 2 rings (SSSR count). The summed E-state index contributed by atoms with van der Waals surface area (Å²) in [6, 6.07) is 11.7. The van der Waals surface area contributed by atoms with Gasteiger partial charge in [-0.3, -0.25) is 0 Å². The summed E-state index contributed by atoms with van der Waals surface area (Å²) in [6.45, 7) is 1.26. The minimum absolute atomic E-state index is 0.244. The zero-order valence-electron chi connectivity index (χ0n) is 11.7. The Morgan fingerprint density at radius 1 is 1.09 bits per heavy atom. The molecule has 0 aliphatic heterocycles. The minimum Gasteiger partial charge on any atom is -0.494 e. The van der Waals surface area contributed by atoms with E-state index in [-0.39, 0.29) is 5.56 Å². The first-order valence-corrected chi connectivity index (χ1v) is 7.47. The number of carboxylic acid groups (broad SMARTS) is 1. The molecule has 0 amide bonds. The number of carboxylic acids is 1. The van der Waals surface area contributed by atoms with Gasteiger partial charge in [-0.05, 0) is 48.9 Å². The summed E-state index contributed by atoms with van der Waals surface area (Å²) in [4.78, 5) is 10.7. The number of halogens is 2. The van der Waals surface area contributed by atoms with Gasteiger partial charge in [0.05, 0.1) is 22.2 Å². The van der Waals surface area contributed by atoms with E-state index >= 15 is 0 Å². The Labute approximate surface area is 138 Å². The molecule has 0 fully saturated rings. The third-order valence-corrected chi connectivity index (χ3v) is 3.68. The van der Waals surface area contributed by atoms with Crippen LogP contribution in [-0.4, -0.2) is 24.2 Å². The van der Waals surface area contributed by atoms with Crippen LogP contribution >= 0.6 is 23.2 Å². The van der Waals surface area contributed by atoms with Gasteiger partial charge in [0.15, 0.2) is 0 Å². The van der Waals surface area contributed by atoms with Crippen molar-refractivity contribution in [2.24, 2.45) is 0 Å². The molecule has 2 N–H and O–H groups in total. The molecule has 0 saturated carbocycles. The highest BCUT2D eigenvalue weighted by Crippen LogP contribution is 2.24. The summed E-state index contributed by atoms with van der Waals surface area (Å²) in [5, 5.41) is 13.1. The highest BCUT2D eigenvalue weighted by Gasteiger charge is 2.02. The van der Waals surface area contributed by atoms with Crippen LogP contribution in [0.5, 0.6) is 5.75 Å². The summed E-state index contributed by atoms with van der Waals surface area (Å²) in [7, 11) is 0. The van der Waals surface area contributed by atoms with Crippen molar-refractivity contribution in [1.82, 2.24) is 0 Å². The molecule has 0 unspecified atom stereocenters. The van der Waals surface area contributed by atoms with Crippen molar-refractivity contribution in [3.8, 4) is 5.75 Å². The van der Waals surface area contributed by atoms with Gasteiger partial charge in [0.25, 0.3) is 0 Å². The molecule has 0 spiro atoms. The lowest BCUT2D eigenvalue weighted by Crippen LogP contribution is -2.07. The number of hydrogen-bond acceptors (Lipinski definition) is 3. The van der Waals surface area contributed by atoms with Gasteiger partial charge in [0, 0.05) is 12.2 Å². The summed E-state index contributed by atoms with van der Waals surface area (Å²) in [6.07, 6.45) is 0.793. The van der Waals surface area contributed by atoms with Crippen molar-refractivity contribution >= 4 is 34.9 Å². The average molecular weight is 340 g/mol. The van der Waals surface area contributed by atoms with E-state index in [9.17, 15) is 4.79 Å². The topological polar surface area (TPSA) is 58.6 Å². The van der Waals surface area contributed by atoms with Crippen molar-refractivity contribution in [3.05, 3.63) is 58.1 Å². The number of aromatic carboxylic acids is 1. The first-order chi connectivity index (χ1) is 10.6. The maximum atomic E-state index is 10.7. The van der Waals surface area contributed by atoms with E-state index in [4.69, 9.17) is 33.0 Å². The van der Waals surface area contributed by atoms with E-state index in [1.54, 1.807) is 24.3 Å². The van der Waals surface area contributed by atoms with Gasteiger partial charge in [0.2, 0.25) is 0 Å². The quantitative estimate of drug-likeness (QED) is 0.725. The molecular formula is C16H15Cl2NO3. The second-order valence-electron chi connectivity index (χ2n) is 4.59. The molecule has 0 bridgehead atoms. The number of rotatable bonds is 7. The van der Waals surface area contributed by atoms with E-state index in [1.165, 1.54) is 12.1 Å². The van der Waals surface area contributed by atoms with Crippen molar-refractivity contribution in [1.29, 1.82) is 0 Å². The lowest BCUT2D eigenvalue weighted by Gasteiger charge is -2.09. The Balaban J connectivity index is 1.70. The number of benzene rings is 2. The Hall–Kier alpha value is -1.91. The average Bonchev–Trinajstić information content (AvgIpc) is 2.51. The van der Waals surface area contributed by atoms with Gasteiger partial charge in [-0.25, -0.2) is 4.79 Å². The van der Waals surface area contributed by atoms with Crippen molar-refractivity contribution in [2.45, 2.75) is 6.42 Å². The van der Waals surface area contributed by atoms with Gasteiger partial charge in [-0.2, -0.15) is 0 Å². The zero-order chi connectivity index (χ0) is 15.9. The molecule has 0 aliphatic rings. The molecule has 22 heavy (non-hydrogen) atoms. The third kappa shape index (κ3) is 4.83. The van der Waals surface area contributed by atoms with E-state index in [0.29, 0.717) is 22.4 Å². The number of ether oxygens (including phenoxy) is 1. The Morgan fingerprint density at radius 3 is 2.45 bits per heavy atom. The molecule has 2 aromatic rings. The number of nitrogens with one attached hydrogen (secondary N) is 1. The molecule has 0 aromatic heterocycles. The highest BCUT2D eigenvalue weighted by atomic mass is 35.5. The van der Waals surface area contributed by atoms with Gasteiger partial charge >= 0.3 is 5.97 Å². The zero-order valence-corrected chi connectivity index (χ0v) is 13.2. The van der Waals surface area contributed by atoms with Crippen molar-refractivity contribution in [2.75, 3.05) is 18.5 Å². The molecule has 4 nitrogen and oxygen atoms in total. The molecule has 116 valence electrons. The third-order valence-electron chi connectivity index (χ3n) is 2.94. The molecule has 0 heterocycles. The number of carbonyl (C=O) groups is 1. The first kappa shape index (κ1) is 16.5. The van der Waals surface area contributed by atoms with Crippen LogP contribution in [0.4, 0.5) is 5.69 Å². The minimum atomic E-state index is -0.947. The molecule has 6 heteroatoms. The fourth-order valence-electron chi connectivity index (χ4n) is 1.79. The first-order valence-electron chi connectivity index (χ1n) is 6.71. The van der Waals surface area contributed by atoms with Gasteiger partial charge in [-0.15, -0.1) is 0 Å². The maximum absolute atomic E-state index is 10.7. The van der Waals surface area contributed by atoms with Crippen LogP contribution in [0.25, 0.3) is 0 Å². The van der Waals surface area contributed by atoms with Crippen molar-refractivity contribution in [3.63, 3.8) is 0 Å². The molecule has 0 radical (unpaired) electrons. The van der Waals surface area contributed by atoms with Crippen LogP contribution in [0.3, 0.4) is 0 Å². The molecule has 2 aromatic carbocycles. The number of hydrogen-bond donors (Lipinski definition) is 2. The fourth-order valence-corrected chi connectivity index (χ4v) is 2.09. The summed E-state index contributed by atoms with van der Waals surface area (Å²) in [5.41, 5.74) is 1.15. The van der Waals surface area contributed by atoms with Gasteiger partial charge < -0.3 is 15.2 Å². The highest BCUT2D eigenvalue weighted by molar-refractivity contribution is 6.42. The van der Waals surface area contributed by atoms with E-state index in [2.05, 4.69) is 5.32 Å². The van der Waals surface area contributed by atoms with Crippen LogP contribution in [-0.2, 0) is 0 Å². The predicted molar refractivity (Wildman–Crippen MR) is 88.5 cm³/mol. The predicted octanol–water partition coefficient (Wildman–Crippen LogP) is 4.57. The van der Waals surface area contributed by atoms with Crippen LogP contribution in [0.1, 0.15) is 16.8 Å². The number of anilines is 1. The molecule has 0 saturated heterocycles. The Kier molecular flexibility index (Phi) is 5.92. The van der Waals surface area contributed by atoms with Crippen LogP contribution < -0.4 is 10.1 Å². The van der Waals surface area contributed by atoms with Gasteiger partial charge in [0.1, 0.15) is 5.75 Å². The Bertz CT molecular complexity index is 644. The Morgan fingerprint density at radius 2 is 1.82 bits per heavy atom. The van der Waals surface area contributed by atoms with Crippen LogP contribution in [0, 0.1) is 0 Å². The smallest absolute Gasteiger partial charge is 0.335 e. The lowest BCUT2D eigenvalue weighted by atomic mass is 10.2. The SMILES string of the molecule is O=C(O)c1ccc(OCCCNc2ccc(Cl)c(Cl)c2)cc1.